The molecule has 1 heterocycles. The third kappa shape index (κ3) is 2.33. The van der Waals surface area contributed by atoms with Crippen LogP contribution in [-0.2, 0) is 13.0 Å². The lowest BCUT2D eigenvalue weighted by Crippen LogP contribution is -2.38. The average molecular weight is 279 g/mol. The number of aromatic carboxylic acids is 1. The quantitative estimate of drug-likeness (QED) is 0.915. The number of carbonyl (C=O) groups is 1. The fourth-order valence-electron chi connectivity index (χ4n) is 2.90. The zero-order chi connectivity index (χ0) is 14.9. The fraction of sp³-hybridized carbons (Fsp3) is 0.533. The van der Waals surface area contributed by atoms with Crippen LogP contribution in [0.1, 0.15) is 35.3 Å². The molecule has 1 aromatic carbocycles. The minimum absolute atomic E-state index is 0.167. The van der Waals surface area contributed by atoms with Crippen LogP contribution >= 0.6 is 0 Å². The van der Waals surface area contributed by atoms with E-state index in [1.54, 1.807) is 13.2 Å². The minimum Gasteiger partial charge on any atom is -0.496 e. The van der Waals surface area contributed by atoms with E-state index >= 15 is 0 Å². The zero-order valence-electron chi connectivity index (χ0n) is 12.4. The van der Waals surface area contributed by atoms with Crippen LogP contribution in [-0.4, -0.2) is 42.8 Å². The van der Waals surface area contributed by atoms with Crippen LogP contribution in [0.3, 0.4) is 0 Å². The number of nitrogens with zero attached hydrogens (tertiary/aromatic N) is 1. The number of ether oxygens (including phenoxy) is 2. The average Bonchev–Trinajstić information content (AvgIpc) is 2.44. The summed E-state index contributed by atoms with van der Waals surface area (Å²) in [5.74, 6) is 0.105. The summed E-state index contributed by atoms with van der Waals surface area (Å²) in [5.41, 5.74) is 2.16. The predicted molar refractivity (Wildman–Crippen MR) is 75.8 cm³/mol. The smallest absolute Gasteiger partial charge is 0.339 e. The molecule has 5 nitrogen and oxygen atoms in total. The molecule has 1 atom stereocenters. The normalized spacial score (nSPS) is 18.5. The van der Waals surface area contributed by atoms with Crippen molar-refractivity contribution in [3.63, 3.8) is 0 Å². The van der Waals surface area contributed by atoms with Crippen LogP contribution in [0.5, 0.6) is 11.5 Å². The van der Waals surface area contributed by atoms with Gasteiger partial charge in [0.15, 0.2) is 0 Å². The van der Waals surface area contributed by atoms with E-state index in [2.05, 4.69) is 18.7 Å². The van der Waals surface area contributed by atoms with Gasteiger partial charge in [0, 0.05) is 23.7 Å². The number of carboxylic acid groups (broad SMARTS) is 1. The number of likely N-dealkylation sites (N-methyl/N-ethyl adjacent to an activating group) is 1. The fourth-order valence-corrected chi connectivity index (χ4v) is 2.90. The highest BCUT2D eigenvalue weighted by atomic mass is 16.5. The monoisotopic (exact) mass is 279 g/mol. The minimum atomic E-state index is -0.992. The van der Waals surface area contributed by atoms with Crippen molar-refractivity contribution in [3.05, 3.63) is 22.8 Å². The first-order chi connectivity index (χ1) is 9.53. The SMILES string of the molecule is CCN1Cc2c(OC)cc(C(=O)O)c(OC)c2CC1C. The summed E-state index contributed by atoms with van der Waals surface area (Å²) < 4.78 is 10.8. The summed E-state index contributed by atoms with van der Waals surface area (Å²) in [7, 11) is 3.09. The molecule has 2 rings (SSSR count). The summed E-state index contributed by atoms with van der Waals surface area (Å²) in [5, 5.41) is 9.34. The topological polar surface area (TPSA) is 59.0 Å². The molecule has 20 heavy (non-hydrogen) atoms. The Morgan fingerprint density at radius 1 is 1.40 bits per heavy atom. The van der Waals surface area contributed by atoms with Gasteiger partial charge in [0.25, 0.3) is 0 Å². The number of fused-ring (bicyclic) bond motifs is 1. The van der Waals surface area contributed by atoms with Gasteiger partial charge in [-0.3, -0.25) is 4.90 Å². The summed E-state index contributed by atoms with van der Waals surface area (Å²) in [6, 6.07) is 1.92. The third-order valence-electron chi connectivity index (χ3n) is 4.00. The van der Waals surface area contributed by atoms with Crippen LogP contribution in [0.25, 0.3) is 0 Å². The molecule has 0 aromatic heterocycles. The molecule has 1 aromatic rings. The molecular formula is C15H21NO4. The summed E-state index contributed by atoms with van der Waals surface area (Å²) in [6.45, 7) is 5.97. The van der Waals surface area contributed by atoms with E-state index in [1.165, 1.54) is 7.11 Å². The molecule has 0 saturated heterocycles. The Labute approximate surface area is 119 Å². The first kappa shape index (κ1) is 14.7. The van der Waals surface area contributed by atoms with E-state index in [0.717, 1.165) is 30.6 Å². The van der Waals surface area contributed by atoms with Crippen LogP contribution in [0.4, 0.5) is 0 Å². The highest BCUT2D eigenvalue weighted by Crippen LogP contribution is 2.39. The van der Waals surface area contributed by atoms with Gasteiger partial charge in [-0.1, -0.05) is 6.92 Å². The van der Waals surface area contributed by atoms with Crippen molar-refractivity contribution >= 4 is 5.97 Å². The van der Waals surface area contributed by atoms with Crippen molar-refractivity contribution in [3.8, 4) is 11.5 Å². The van der Waals surface area contributed by atoms with E-state index in [4.69, 9.17) is 9.47 Å². The molecule has 1 aliphatic heterocycles. The number of methoxy groups -OCH3 is 2. The molecular weight excluding hydrogens is 258 g/mol. The third-order valence-corrected chi connectivity index (χ3v) is 4.00. The Bertz CT molecular complexity index is 527. The van der Waals surface area contributed by atoms with Crippen molar-refractivity contribution in [2.45, 2.75) is 32.9 Å². The number of hydrogen-bond donors (Lipinski definition) is 1. The number of carboxylic acids is 1. The second kappa shape index (κ2) is 5.71. The van der Waals surface area contributed by atoms with E-state index < -0.39 is 5.97 Å². The van der Waals surface area contributed by atoms with Crippen molar-refractivity contribution < 1.29 is 19.4 Å². The second-order valence-electron chi connectivity index (χ2n) is 5.04. The van der Waals surface area contributed by atoms with Crippen molar-refractivity contribution in [1.29, 1.82) is 0 Å². The van der Waals surface area contributed by atoms with Crippen molar-refractivity contribution in [1.82, 2.24) is 4.90 Å². The van der Waals surface area contributed by atoms with Crippen molar-refractivity contribution in [2.75, 3.05) is 20.8 Å². The highest BCUT2D eigenvalue weighted by molar-refractivity contribution is 5.92. The maximum Gasteiger partial charge on any atom is 0.339 e. The molecule has 1 unspecified atom stereocenters. The molecule has 5 heteroatoms. The lowest BCUT2D eigenvalue weighted by atomic mass is 9.91. The first-order valence-corrected chi connectivity index (χ1v) is 6.77. The van der Waals surface area contributed by atoms with Gasteiger partial charge in [-0.2, -0.15) is 0 Å². The molecule has 0 saturated carbocycles. The van der Waals surface area contributed by atoms with Gasteiger partial charge in [0.05, 0.1) is 14.2 Å². The largest absolute Gasteiger partial charge is 0.496 e. The lowest BCUT2D eigenvalue weighted by Gasteiger charge is -2.35. The van der Waals surface area contributed by atoms with E-state index in [9.17, 15) is 9.90 Å². The molecule has 1 aliphatic rings. The van der Waals surface area contributed by atoms with E-state index in [0.29, 0.717) is 17.5 Å². The predicted octanol–water partition coefficient (Wildman–Crippen LogP) is 2.17. The summed E-state index contributed by atoms with van der Waals surface area (Å²) in [6.07, 6.45) is 0.768. The highest BCUT2D eigenvalue weighted by Gasteiger charge is 2.30. The Hall–Kier alpha value is -1.75. The maximum absolute atomic E-state index is 11.4. The molecule has 1 N–H and O–H groups in total. The second-order valence-corrected chi connectivity index (χ2v) is 5.04. The number of rotatable bonds is 4. The Kier molecular flexibility index (Phi) is 4.18. The lowest BCUT2D eigenvalue weighted by molar-refractivity contribution is 0.0692. The van der Waals surface area contributed by atoms with Gasteiger partial charge in [0.2, 0.25) is 0 Å². The molecule has 0 radical (unpaired) electrons. The first-order valence-electron chi connectivity index (χ1n) is 6.77. The van der Waals surface area contributed by atoms with Gasteiger partial charge >= 0.3 is 5.97 Å². The van der Waals surface area contributed by atoms with Crippen LogP contribution in [0, 0.1) is 0 Å². The van der Waals surface area contributed by atoms with Gasteiger partial charge in [0.1, 0.15) is 17.1 Å². The Balaban J connectivity index is 2.63. The Morgan fingerprint density at radius 3 is 2.60 bits per heavy atom. The zero-order valence-corrected chi connectivity index (χ0v) is 12.4. The van der Waals surface area contributed by atoms with Crippen LogP contribution in [0.15, 0.2) is 6.07 Å². The maximum atomic E-state index is 11.4. The van der Waals surface area contributed by atoms with Gasteiger partial charge in [-0.25, -0.2) is 4.79 Å². The van der Waals surface area contributed by atoms with Crippen molar-refractivity contribution in [2.24, 2.45) is 0 Å². The van der Waals surface area contributed by atoms with Gasteiger partial charge in [-0.05, 0) is 26.0 Å². The molecule has 0 fully saturated rings. The standard InChI is InChI=1S/C15H21NO4/c1-5-16-8-12-10(6-9(16)2)14(20-4)11(15(17)18)7-13(12)19-3/h7,9H,5-6,8H2,1-4H3,(H,17,18). The van der Waals surface area contributed by atoms with E-state index in [1.807, 2.05) is 0 Å². The molecule has 0 bridgehead atoms. The number of benzene rings is 1. The molecule has 0 spiro atoms. The van der Waals surface area contributed by atoms with Gasteiger partial charge in [-0.15, -0.1) is 0 Å². The molecule has 0 aliphatic carbocycles. The molecule has 110 valence electrons. The van der Waals surface area contributed by atoms with Gasteiger partial charge < -0.3 is 14.6 Å². The van der Waals surface area contributed by atoms with Crippen LogP contribution < -0.4 is 9.47 Å². The molecule has 0 amide bonds. The summed E-state index contributed by atoms with van der Waals surface area (Å²) >= 11 is 0. The summed E-state index contributed by atoms with van der Waals surface area (Å²) in [4.78, 5) is 13.7. The number of hydrogen-bond acceptors (Lipinski definition) is 4. The van der Waals surface area contributed by atoms with E-state index in [-0.39, 0.29) is 5.56 Å². The Morgan fingerprint density at radius 2 is 2.10 bits per heavy atom. The van der Waals surface area contributed by atoms with Crippen LogP contribution in [0.2, 0.25) is 0 Å².